The fourth-order valence-electron chi connectivity index (χ4n) is 2.44. The van der Waals surface area contributed by atoms with Crippen molar-refractivity contribution < 1.29 is 9.59 Å². The van der Waals surface area contributed by atoms with Crippen molar-refractivity contribution in [2.45, 2.75) is 24.9 Å². The highest BCUT2D eigenvalue weighted by Crippen LogP contribution is 2.21. The third-order valence-electron chi connectivity index (χ3n) is 3.85. The molecule has 0 aliphatic carbocycles. The van der Waals surface area contributed by atoms with Gasteiger partial charge in [0, 0.05) is 13.5 Å². The summed E-state index contributed by atoms with van der Waals surface area (Å²) < 4.78 is 0. The summed E-state index contributed by atoms with van der Waals surface area (Å²) in [5.41, 5.74) is 7.90. The Morgan fingerprint density at radius 3 is 1.92 bits per heavy atom. The molecule has 4 N–H and O–H groups in total. The second-order valence-electron chi connectivity index (χ2n) is 5.58. The highest BCUT2D eigenvalue weighted by atomic mass is 16.2. The highest BCUT2D eigenvalue weighted by molar-refractivity contribution is 5.83. The maximum absolute atomic E-state index is 12.4. The Morgan fingerprint density at radius 1 is 0.958 bits per heavy atom. The summed E-state index contributed by atoms with van der Waals surface area (Å²) in [6.45, 7) is 0. The first-order chi connectivity index (χ1) is 11.6. The van der Waals surface area contributed by atoms with Crippen LogP contribution in [0.1, 0.15) is 30.0 Å². The molecule has 2 amide bonds. The van der Waals surface area contributed by atoms with Gasteiger partial charge in [-0.15, -0.1) is 0 Å². The van der Waals surface area contributed by atoms with Crippen LogP contribution in [0, 0.1) is 0 Å². The largest absolute Gasteiger partial charge is 0.359 e. The molecule has 126 valence electrons. The van der Waals surface area contributed by atoms with E-state index in [4.69, 9.17) is 5.73 Å². The van der Waals surface area contributed by atoms with E-state index in [1.54, 1.807) is 7.05 Å². The lowest BCUT2D eigenvalue weighted by molar-refractivity contribution is -0.123. The Balaban J connectivity index is 2.11. The minimum absolute atomic E-state index is 0.124. The monoisotopic (exact) mass is 325 g/mol. The summed E-state index contributed by atoms with van der Waals surface area (Å²) in [6.07, 6.45) is 0.536. The Kier molecular flexibility index (Phi) is 6.51. The van der Waals surface area contributed by atoms with Gasteiger partial charge in [-0.05, 0) is 17.5 Å². The fraction of sp³-hybridized carbons (Fsp3) is 0.263. The maximum atomic E-state index is 12.4. The van der Waals surface area contributed by atoms with Crippen LogP contribution in [0.5, 0.6) is 0 Å². The molecule has 1 unspecified atom stereocenters. The van der Waals surface area contributed by atoms with Gasteiger partial charge in [0.15, 0.2) is 0 Å². The zero-order chi connectivity index (χ0) is 17.4. The lowest BCUT2D eigenvalue weighted by atomic mass is 9.98. The van der Waals surface area contributed by atoms with Gasteiger partial charge in [-0.25, -0.2) is 0 Å². The van der Waals surface area contributed by atoms with Gasteiger partial charge in [0.25, 0.3) is 0 Å². The van der Waals surface area contributed by atoms with Crippen molar-refractivity contribution in [1.82, 2.24) is 10.6 Å². The summed E-state index contributed by atoms with van der Waals surface area (Å²) >= 11 is 0. The number of amides is 2. The fourth-order valence-corrected chi connectivity index (χ4v) is 2.44. The molecule has 5 nitrogen and oxygen atoms in total. The molecular weight excluding hydrogens is 302 g/mol. The van der Waals surface area contributed by atoms with E-state index in [1.165, 1.54) is 0 Å². The van der Waals surface area contributed by atoms with Crippen molar-refractivity contribution >= 4 is 11.8 Å². The first kappa shape index (κ1) is 17.7. The summed E-state index contributed by atoms with van der Waals surface area (Å²) in [6, 6.07) is 18.5. The number of hydrogen-bond acceptors (Lipinski definition) is 3. The molecule has 0 radical (unpaired) electrons. The zero-order valence-electron chi connectivity index (χ0n) is 13.7. The topological polar surface area (TPSA) is 84.2 Å². The molecular formula is C19H23N3O2. The number of carbonyl (C=O) groups is 2. The van der Waals surface area contributed by atoms with Crippen molar-refractivity contribution in [3.8, 4) is 0 Å². The van der Waals surface area contributed by atoms with Gasteiger partial charge in [-0.1, -0.05) is 60.7 Å². The molecule has 2 rings (SSSR count). The molecule has 0 heterocycles. The van der Waals surface area contributed by atoms with Crippen LogP contribution < -0.4 is 16.4 Å². The molecule has 0 fully saturated rings. The lowest BCUT2D eigenvalue weighted by Gasteiger charge is -2.22. The van der Waals surface area contributed by atoms with E-state index < -0.39 is 6.04 Å². The minimum Gasteiger partial charge on any atom is -0.359 e. The molecule has 24 heavy (non-hydrogen) atoms. The van der Waals surface area contributed by atoms with Crippen molar-refractivity contribution in [3.05, 3.63) is 71.8 Å². The predicted molar refractivity (Wildman–Crippen MR) is 94.1 cm³/mol. The SMILES string of the molecule is CNC(=O)CCC(N)C(=O)NC(c1ccccc1)c1ccccc1. The van der Waals surface area contributed by atoms with Crippen LogP contribution in [0.25, 0.3) is 0 Å². The summed E-state index contributed by atoms with van der Waals surface area (Å²) in [4.78, 5) is 23.7. The van der Waals surface area contributed by atoms with E-state index in [1.807, 2.05) is 60.7 Å². The van der Waals surface area contributed by atoms with Crippen LogP contribution in [0.3, 0.4) is 0 Å². The lowest BCUT2D eigenvalue weighted by Crippen LogP contribution is -2.43. The van der Waals surface area contributed by atoms with E-state index in [-0.39, 0.29) is 24.3 Å². The van der Waals surface area contributed by atoms with Crippen molar-refractivity contribution in [1.29, 1.82) is 0 Å². The Morgan fingerprint density at radius 2 is 1.46 bits per heavy atom. The average Bonchev–Trinajstić information content (AvgIpc) is 2.65. The quantitative estimate of drug-likeness (QED) is 0.725. The van der Waals surface area contributed by atoms with Gasteiger partial charge in [0.05, 0.1) is 12.1 Å². The van der Waals surface area contributed by atoms with E-state index in [0.29, 0.717) is 6.42 Å². The summed E-state index contributed by atoms with van der Waals surface area (Å²) in [5.74, 6) is -0.391. The Labute approximate surface area is 142 Å². The number of hydrogen-bond donors (Lipinski definition) is 3. The second kappa shape index (κ2) is 8.84. The number of nitrogens with two attached hydrogens (primary N) is 1. The molecule has 0 saturated heterocycles. The number of nitrogens with one attached hydrogen (secondary N) is 2. The molecule has 0 bridgehead atoms. The zero-order valence-corrected chi connectivity index (χ0v) is 13.7. The normalized spacial score (nSPS) is 11.8. The molecule has 0 saturated carbocycles. The van der Waals surface area contributed by atoms with E-state index in [9.17, 15) is 9.59 Å². The predicted octanol–water partition coefficient (Wildman–Crippen LogP) is 1.75. The molecule has 0 aliphatic rings. The molecule has 2 aromatic carbocycles. The van der Waals surface area contributed by atoms with Gasteiger partial charge < -0.3 is 16.4 Å². The second-order valence-corrected chi connectivity index (χ2v) is 5.58. The van der Waals surface area contributed by atoms with Crippen LogP contribution in [0.4, 0.5) is 0 Å². The van der Waals surface area contributed by atoms with E-state index in [2.05, 4.69) is 10.6 Å². The third-order valence-corrected chi connectivity index (χ3v) is 3.85. The summed E-state index contributed by atoms with van der Waals surface area (Å²) in [7, 11) is 1.56. The molecule has 0 aliphatic heterocycles. The van der Waals surface area contributed by atoms with Gasteiger partial charge in [-0.3, -0.25) is 9.59 Å². The minimum atomic E-state index is -0.725. The van der Waals surface area contributed by atoms with Gasteiger partial charge >= 0.3 is 0 Å². The van der Waals surface area contributed by atoms with E-state index in [0.717, 1.165) is 11.1 Å². The third kappa shape index (κ3) is 4.93. The highest BCUT2D eigenvalue weighted by Gasteiger charge is 2.21. The number of carbonyl (C=O) groups excluding carboxylic acids is 2. The first-order valence-corrected chi connectivity index (χ1v) is 7.98. The molecule has 0 spiro atoms. The van der Waals surface area contributed by atoms with Gasteiger partial charge in [0.2, 0.25) is 11.8 Å². The van der Waals surface area contributed by atoms with Crippen LogP contribution in [0.2, 0.25) is 0 Å². The number of benzene rings is 2. The van der Waals surface area contributed by atoms with Crippen molar-refractivity contribution in [2.24, 2.45) is 5.73 Å². The molecule has 1 atom stereocenters. The van der Waals surface area contributed by atoms with Crippen LogP contribution in [-0.4, -0.2) is 24.9 Å². The van der Waals surface area contributed by atoms with E-state index >= 15 is 0 Å². The first-order valence-electron chi connectivity index (χ1n) is 7.98. The smallest absolute Gasteiger partial charge is 0.237 e. The van der Waals surface area contributed by atoms with Gasteiger partial charge in [-0.2, -0.15) is 0 Å². The van der Waals surface area contributed by atoms with Crippen molar-refractivity contribution in [3.63, 3.8) is 0 Å². The Hall–Kier alpha value is -2.66. The Bertz CT molecular complexity index is 619. The number of rotatable bonds is 7. The average molecular weight is 325 g/mol. The molecule has 0 aromatic heterocycles. The summed E-state index contributed by atoms with van der Waals surface area (Å²) in [5, 5.41) is 5.52. The molecule has 2 aromatic rings. The molecule has 5 heteroatoms. The van der Waals surface area contributed by atoms with Gasteiger partial charge in [0.1, 0.15) is 0 Å². The van der Waals surface area contributed by atoms with Crippen molar-refractivity contribution in [2.75, 3.05) is 7.05 Å². The maximum Gasteiger partial charge on any atom is 0.237 e. The van der Waals surface area contributed by atoms with Crippen LogP contribution in [0.15, 0.2) is 60.7 Å². The van der Waals surface area contributed by atoms with Crippen LogP contribution in [-0.2, 0) is 9.59 Å². The van der Waals surface area contributed by atoms with Crippen LogP contribution >= 0.6 is 0 Å². The standard InChI is InChI=1S/C19H23N3O2/c1-21-17(23)13-12-16(20)19(24)22-18(14-8-4-2-5-9-14)15-10-6-3-7-11-15/h2-11,16,18H,12-13,20H2,1H3,(H,21,23)(H,22,24).